The molecule has 0 aliphatic rings. The number of thioether (sulfide) groups is 1. The SMILES string of the molecule is O=S(=O)(CSc1ccccc1)c1ccccc1. The standard InChI is InChI=1S/C13H12O2S2/c14-17(15,13-9-5-2-6-10-13)11-16-12-7-3-1-4-8-12/h1-10H,11H2. The van der Waals surface area contributed by atoms with Gasteiger partial charge in [0.1, 0.15) is 5.08 Å². The zero-order valence-corrected chi connectivity index (χ0v) is 10.7. The van der Waals surface area contributed by atoms with Crippen LogP contribution in [0, 0.1) is 0 Å². The topological polar surface area (TPSA) is 34.1 Å². The minimum atomic E-state index is -3.20. The maximum absolute atomic E-state index is 12.0. The lowest BCUT2D eigenvalue weighted by Gasteiger charge is -2.03. The van der Waals surface area contributed by atoms with Gasteiger partial charge >= 0.3 is 0 Å². The number of benzene rings is 2. The molecule has 17 heavy (non-hydrogen) atoms. The summed E-state index contributed by atoms with van der Waals surface area (Å²) < 4.78 is 24.0. The smallest absolute Gasteiger partial charge is 0.188 e. The Morgan fingerprint density at radius 2 is 1.35 bits per heavy atom. The van der Waals surface area contributed by atoms with Crippen LogP contribution in [0.25, 0.3) is 0 Å². The third-order valence-corrected chi connectivity index (χ3v) is 5.53. The molecule has 2 aromatic carbocycles. The molecule has 0 atom stereocenters. The molecule has 0 fully saturated rings. The summed E-state index contributed by atoms with van der Waals surface area (Å²) in [6.45, 7) is 0. The van der Waals surface area contributed by atoms with Gasteiger partial charge in [0.15, 0.2) is 9.84 Å². The maximum Gasteiger partial charge on any atom is 0.188 e. The quantitative estimate of drug-likeness (QED) is 0.795. The van der Waals surface area contributed by atoms with Gasteiger partial charge in [0, 0.05) is 4.90 Å². The molecule has 0 saturated carbocycles. The minimum Gasteiger partial charge on any atom is -0.223 e. The summed E-state index contributed by atoms with van der Waals surface area (Å²) in [5.41, 5.74) is 0. The highest BCUT2D eigenvalue weighted by Gasteiger charge is 2.13. The highest BCUT2D eigenvalue weighted by atomic mass is 32.3. The minimum absolute atomic E-state index is 0.0705. The van der Waals surface area contributed by atoms with E-state index in [1.807, 2.05) is 36.4 Å². The van der Waals surface area contributed by atoms with Crippen molar-refractivity contribution in [3.05, 3.63) is 60.7 Å². The maximum atomic E-state index is 12.0. The van der Waals surface area contributed by atoms with Crippen molar-refractivity contribution in [1.82, 2.24) is 0 Å². The van der Waals surface area contributed by atoms with Gasteiger partial charge in [-0.25, -0.2) is 8.42 Å². The first-order chi connectivity index (χ1) is 8.18. The fourth-order valence-corrected chi connectivity index (χ4v) is 3.99. The van der Waals surface area contributed by atoms with Crippen LogP contribution in [0.1, 0.15) is 0 Å². The van der Waals surface area contributed by atoms with Gasteiger partial charge in [-0.15, -0.1) is 11.8 Å². The van der Waals surface area contributed by atoms with Gasteiger partial charge in [-0.1, -0.05) is 36.4 Å². The third-order valence-electron chi connectivity index (χ3n) is 2.23. The second-order valence-corrected chi connectivity index (χ2v) is 6.91. The Balaban J connectivity index is 2.09. The Morgan fingerprint density at radius 1 is 0.824 bits per heavy atom. The van der Waals surface area contributed by atoms with Crippen molar-refractivity contribution in [2.45, 2.75) is 9.79 Å². The summed E-state index contributed by atoms with van der Waals surface area (Å²) in [6.07, 6.45) is 0. The van der Waals surface area contributed by atoms with E-state index in [0.29, 0.717) is 4.90 Å². The van der Waals surface area contributed by atoms with E-state index in [0.717, 1.165) is 4.90 Å². The molecule has 0 aromatic heterocycles. The van der Waals surface area contributed by atoms with E-state index < -0.39 is 9.84 Å². The van der Waals surface area contributed by atoms with Gasteiger partial charge in [0.25, 0.3) is 0 Å². The van der Waals surface area contributed by atoms with Crippen molar-refractivity contribution in [2.24, 2.45) is 0 Å². The number of hydrogen-bond donors (Lipinski definition) is 0. The van der Waals surface area contributed by atoms with Crippen LogP contribution in [-0.2, 0) is 9.84 Å². The summed E-state index contributed by atoms with van der Waals surface area (Å²) in [4.78, 5) is 1.34. The zero-order chi connectivity index (χ0) is 12.1. The molecule has 0 spiro atoms. The fourth-order valence-electron chi connectivity index (χ4n) is 1.36. The Labute approximate surface area is 106 Å². The van der Waals surface area contributed by atoms with Gasteiger partial charge in [0.05, 0.1) is 4.90 Å². The molecule has 4 heteroatoms. The van der Waals surface area contributed by atoms with Gasteiger partial charge in [-0.2, -0.15) is 0 Å². The molecule has 0 N–H and O–H groups in total. The lowest BCUT2D eigenvalue weighted by atomic mass is 10.4. The van der Waals surface area contributed by atoms with Gasteiger partial charge in [0.2, 0.25) is 0 Å². The molecular weight excluding hydrogens is 252 g/mol. The number of sulfone groups is 1. The predicted molar refractivity (Wildman–Crippen MR) is 70.8 cm³/mol. The van der Waals surface area contributed by atoms with Crippen LogP contribution in [-0.4, -0.2) is 13.5 Å². The first kappa shape index (κ1) is 12.2. The molecule has 0 unspecified atom stereocenters. The first-order valence-corrected chi connectivity index (χ1v) is 7.78. The van der Waals surface area contributed by atoms with E-state index in [1.54, 1.807) is 24.3 Å². The molecular formula is C13H12O2S2. The normalized spacial score (nSPS) is 11.3. The first-order valence-electron chi connectivity index (χ1n) is 5.14. The molecule has 0 aliphatic carbocycles. The average Bonchev–Trinajstić information content (AvgIpc) is 2.39. The highest BCUT2D eigenvalue weighted by molar-refractivity contribution is 8.12. The van der Waals surface area contributed by atoms with Crippen molar-refractivity contribution in [1.29, 1.82) is 0 Å². The van der Waals surface area contributed by atoms with Gasteiger partial charge in [-0.3, -0.25) is 0 Å². The molecule has 2 rings (SSSR count). The van der Waals surface area contributed by atoms with Crippen LogP contribution >= 0.6 is 11.8 Å². The van der Waals surface area contributed by atoms with Crippen molar-refractivity contribution >= 4 is 21.6 Å². The van der Waals surface area contributed by atoms with Gasteiger partial charge in [-0.05, 0) is 24.3 Å². The van der Waals surface area contributed by atoms with Gasteiger partial charge < -0.3 is 0 Å². The van der Waals surface area contributed by atoms with Crippen LogP contribution in [0.3, 0.4) is 0 Å². The van der Waals surface area contributed by atoms with Crippen LogP contribution in [0.4, 0.5) is 0 Å². The molecule has 2 aromatic rings. The Hall–Kier alpha value is -1.26. The Morgan fingerprint density at radius 3 is 1.94 bits per heavy atom. The van der Waals surface area contributed by atoms with E-state index in [1.165, 1.54) is 11.8 Å². The third kappa shape index (κ3) is 3.35. The molecule has 0 aliphatic heterocycles. The molecule has 88 valence electrons. The predicted octanol–water partition coefficient (Wildman–Crippen LogP) is 3.21. The lowest BCUT2D eigenvalue weighted by molar-refractivity contribution is 0.601. The monoisotopic (exact) mass is 264 g/mol. The van der Waals surface area contributed by atoms with Crippen molar-refractivity contribution in [3.8, 4) is 0 Å². The molecule has 0 amide bonds. The summed E-state index contributed by atoms with van der Waals surface area (Å²) in [6, 6.07) is 18.1. The van der Waals surface area contributed by atoms with E-state index >= 15 is 0 Å². The van der Waals surface area contributed by atoms with Crippen molar-refractivity contribution in [2.75, 3.05) is 5.08 Å². The van der Waals surface area contributed by atoms with Crippen LogP contribution in [0.2, 0.25) is 0 Å². The largest absolute Gasteiger partial charge is 0.223 e. The average molecular weight is 264 g/mol. The fraction of sp³-hybridized carbons (Fsp3) is 0.0769. The molecule has 2 nitrogen and oxygen atoms in total. The summed E-state index contributed by atoms with van der Waals surface area (Å²) in [7, 11) is -3.20. The second kappa shape index (κ2) is 5.38. The summed E-state index contributed by atoms with van der Waals surface area (Å²) >= 11 is 1.33. The Bertz CT molecular complexity index is 563. The van der Waals surface area contributed by atoms with Crippen LogP contribution in [0.5, 0.6) is 0 Å². The van der Waals surface area contributed by atoms with E-state index in [2.05, 4.69) is 0 Å². The zero-order valence-electron chi connectivity index (χ0n) is 9.11. The number of rotatable bonds is 4. The summed E-state index contributed by atoms with van der Waals surface area (Å²) in [5.74, 6) is 0. The van der Waals surface area contributed by atoms with E-state index in [9.17, 15) is 8.42 Å². The highest BCUT2D eigenvalue weighted by Crippen LogP contribution is 2.22. The summed E-state index contributed by atoms with van der Waals surface area (Å²) in [5, 5.41) is 0.0705. The van der Waals surface area contributed by atoms with Crippen molar-refractivity contribution in [3.63, 3.8) is 0 Å². The number of hydrogen-bond acceptors (Lipinski definition) is 3. The Kier molecular flexibility index (Phi) is 3.86. The molecule has 0 heterocycles. The van der Waals surface area contributed by atoms with Crippen molar-refractivity contribution < 1.29 is 8.42 Å². The molecule has 0 bridgehead atoms. The second-order valence-electron chi connectivity index (χ2n) is 3.50. The molecule has 0 radical (unpaired) electrons. The van der Waals surface area contributed by atoms with E-state index in [4.69, 9.17) is 0 Å². The lowest BCUT2D eigenvalue weighted by Crippen LogP contribution is -2.03. The molecule has 0 saturated heterocycles. The van der Waals surface area contributed by atoms with E-state index in [-0.39, 0.29) is 5.08 Å². The van der Waals surface area contributed by atoms with Crippen LogP contribution in [0.15, 0.2) is 70.5 Å². The van der Waals surface area contributed by atoms with Crippen LogP contribution < -0.4 is 0 Å².